The fraction of sp³-hybridized carbons (Fsp3) is 0.432. The van der Waals surface area contributed by atoms with Gasteiger partial charge in [0.1, 0.15) is 28.5 Å². The highest BCUT2D eigenvalue weighted by atomic mass is 16.6. The van der Waals surface area contributed by atoms with Crippen LogP contribution in [0, 0.1) is 0 Å². The number of esters is 1. The predicted molar refractivity (Wildman–Crippen MR) is 200 cm³/mol. The third kappa shape index (κ3) is 12.3. The second-order valence-corrected chi connectivity index (χ2v) is 15.3. The van der Waals surface area contributed by atoms with E-state index in [4.69, 9.17) is 14.2 Å². The number of ether oxygens (including phenoxy) is 3. The van der Waals surface area contributed by atoms with E-state index in [1.165, 1.54) is 22.3 Å². The highest BCUT2D eigenvalue weighted by Crippen LogP contribution is 2.43. The molecule has 4 atom stereocenters. The number of hydrogen-bond donors (Lipinski definition) is 1. The predicted octanol–water partition coefficient (Wildman–Crippen LogP) is 11.3. The van der Waals surface area contributed by atoms with Crippen molar-refractivity contribution in [2.75, 3.05) is 6.61 Å². The van der Waals surface area contributed by atoms with Crippen molar-refractivity contribution in [1.29, 1.82) is 0 Å². The van der Waals surface area contributed by atoms with Crippen molar-refractivity contribution in [1.82, 2.24) is 0 Å². The van der Waals surface area contributed by atoms with Crippen molar-refractivity contribution >= 4 is 5.97 Å². The minimum absolute atomic E-state index is 0.132. The molecular weight excluding hydrogens is 608 g/mol. The lowest BCUT2D eigenvalue weighted by Gasteiger charge is -2.30. The van der Waals surface area contributed by atoms with Crippen LogP contribution in [0.5, 0.6) is 17.2 Å². The monoisotopic (exact) mass is 664 g/mol. The zero-order valence-corrected chi connectivity index (χ0v) is 30.7. The second-order valence-electron chi connectivity index (χ2n) is 15.3. The van der Waals surface area contributed by atoms with Crippen molar-refractivity contribution in [2.24, 2.45) is 0 Å². The Hall–Kier alpha value is -4.25. The Balaban J connectivity index is 1.65. The standard InChI is InChI=1S/C44H56O5/c1-9-32(34-15-21-39(45)22-16-34)28-38(36-17-23-40(24-18-36)47-30-42(46)49-44(6,7)8)29-37(27-31(2)33-13-11-10-12-14-33)35-19-25-41(26-20-35)48-43(3,4)5/h10-26,31-32,37-38,45H,9,27-30H2,1-8H3. The SMILES string of the molecule is CCC(CC(CC(CC(C)c1ccccc1)c1ccc(OC(C)(C)C)cc1)c1ccc(OCC(=O)OC(C)(C)C)cc1)c1ccc(O)cc1. The molecule has 0 spiro atoms. The first-order valence-corrected chi connectivity index (χ1v) is 17.8. The molecule has 0 aliphatic carbocycles. The Kier molecular flexibility index (Phi) is 13.0. The van der Waals surface area contributed by atoms with E-state index in [1.807, 2.05) is 32.9 Å². The van der Waals surface area contributed by atoms with E-state index in [0.717, 1.165) is 31.4 Å². The summed E-state index contributed by atoms with van der Waals surface area (Å²) in [4.78, 5) is 12.3. The Labute approximate surface area is 294 Å². The third-order valence-corrected chi connectivity index (χ3v) is 8.91. The Morgan fingerprint density at radius 3 is 1.63 bits per heavy atom. The van der Waals surface area contributed by atoms with Crippen LogP contribution in [0.15, 0.2) is 103 Å². The first-order chi connectivity index (χ1) is 23.2. The smallest absolute Gasteiger partial charge is 0.344 e. The summed E-state index contributed by atoms with van der Waals surface area (Å²) in [6.45, 7) is 16.2. The van der Waals surface area contributed by atoms with Crippen LogP contribution in [0.3, 0.4) is 0 Å². The maximum absolute atomic E-state index is 12.3. The van der Waals surface area contributed by atoms with Crippen molar-refractivity contribution in [2.45, 2.75) is 116 Å². The first-order valence-electron chi connectivity index (χ1n) is 17.8. The maximum Gasteiger partial charge on any atom is 0.344 e. The van der Waals surface area contributed by atoms with Crippen LogP contribution in [0.2, 0.25) is 0 Å². The molecule has 5 nitrogen and oxygen atoms in total. The minimum atomic E-state index is -0.556. The van der Waals surface area contributed by atoms with Crippen LogP contribution in [-0.4, -0.2) is 28.9 Å². The first kappa shape index (κ1) is 37.6. The molecular formula is C44H56O5. The third-order valence-electron chi connectivity index (χ3n) is 8.91. The molecule has 0 saturated heterocycles. The number of rotatable bonds is 15. The van der Waals surface area contributed by atoms with E-state index < -0.39 is 5.60 Å². The number of hydrogen-bond acceptors (Lipinski definition) is 5. The molecule has 0 saturated carbocycles. The van der Waals surface area contributed by atoms with Crippen molar-refractivity contribution < 1.29 is 24.1 Å². The van der Waals surface area contributed by atoms with Crippen LogP contribution in [0.1, 0.15) is 127 Å². The molecule has 0 bridgehead atoms. The summed E-state index contributed by atoms with van der Waals surface area (Å²) in [5.41, 5.74) is 4.31. The van der Waals surface area contributed by atoms with E-state index >= 15 is 0 Å². The molecule has 0 heterocycles. The number of aromatic hydroxyl groups is 1. The normalized spacial score (nSPS) is 14.4. The Morgan fingerprint density at radius 1 is 0.612 bits per heavy atom. The lowest BCUT2D eigenvalue weighted by molar-refractivity contribution is -0.157. The van der Waals surface area contributed by atoms with Gasteiger partial charge in [0.05, 0.1) is 0 Å². The minimum Gasteiger partial charge on any atom is -0.508 e. The van der Waals surface area contributed by atoms with Crippen LogP contribution >= 0.6 is 0 Å². The van der Waals surface area contributed by atoms with Gasteiger partial charge in [0.15, 0.2) is 6.61 Å². The zero-order valence-electron chi connectivity index (χ0n) is 30.7. The summed E-state index contributed by atoms with van der Waals surface area (Å²) in [6.07, 6.45) is 3.92. The molecule has 4 aromatic carbocycles. The van der Waals surface area contributed by atoms with Crippen LogP contribution < -0.4 is 9.47 Å². The van der Waals surface area contributed by atoms with Gasteiger partial charge >= 0.3 is 5.97 Å². The average molecular weight is 665 g/mol. The van der Waals surface area contributed by atoms with Crippen molar-refractivity contribution in [3.05, 3.63) is 125 Å². The molecule has 0 aliphatic rings. The summed E-state index contributed by atoms with van der Waals surface area (Å²) >= 11 is 0. The van der Waals surface area contributed by atoms with E-state index in [0.29, 0.717) is 23.5 Å². The summed E-state index contributed by atoms with van der Waals surface area (Å²) in [6, 6.07) is 35.4. The quantitative estimate of drug-likeness (QED) is 0.128. The highest BCUT2D eigenvalue weighted by molar-refractivity contribution is 5.71. The van der Waals surface area contributed by atoms with Crippen molar-refractivity contribution in [3.8, 4) is 17.2 Å². The van der Waals surface area contributed by atoms with E-state index in [2.05, 4.69) is 113 Å². The van der Waals surface area contributed by atoms with Gasteiger partial charge in [-0.05, 0) is 150 Å². The van der Waals surface area contributed by atoms with Gasteiger partial charge in [0.25, 0.3) is 0 Å². The lowest BCUT2D eigenvalue weighted by atomic mass is 9.75. The molecule has 49 heavy (non-hydrogen) atoms. The lowest BCUT2D eigenvalue weighted by Crippen LogP contribution is -2.27. The molecule has 0 radical (unpaired) electrons. The van der Waals surface area contributed by atoms with Gasteiger partial charge in [-0.1, -0.05) is 80.6 Å². The molecule has 262 valence electrons. The summed E-state index contributed by atoms with van der Waals surface area (Å²) < 4.78 is 17.4. The van der Waals surface area contributed by atoms with Gasteiger partial charge < -0.3 is 19.3 Å². The fourth-order valence-corrected chi connectivity index (χ4v) is 6.56. The van der Waals surface area contributed by atoms with Gasteiger partial charge in [-0.2, -0.15) is 0 Å². The summed E-state index contributed by atoms with van der Waals surface area (Å²) in [5.74, 6) is 2.66. The van der Waals surface area contributed by atoms with Gasteiger partial charge in [-0.3, -0.25) is 0 Å². The molecule has 1 N–H and O–H groups in total. The van der Waals surface area contributed by atoms with E-state index in [-0.39, 0.29) is 29.8 Å². The molecule has 0 amide bonds. The molecule has 4 unspecified atom stereocenters. The number of benzene rings is 4. The van der Waals surface area contributed by atoms with Crippen LogP contribution in [0.25, 0.3) is 0 Å². The Morgan fingerprint density at radius 2 is 1.10 bits per heavy atom. The molecule has 5 heteroatoms. The molecule has 0 aliphatic heterocycles. The number of phenols is 1. The molecule has 4 rings (SSSR count). The number of phenolic OH excluding ortho intramolecular Hbond substituents is 1. The summed E-state index contributed by atoms with van der Waals surface area (Å²) in [5, 5.41) is 9.99. The van der Waals surface area contributed by atoms with Gasteiger partial charge in [-0.15, -0.1) is 0 Å². The van der Waals surface area contributed by atoms with Gasteiger partial charge in [0, 0.05) is 0 Å². The molecule has 0 aromatic heterocycles. The van der Waals surface area contributed by atoms with Crippen LogP contribution in [0.4, 0.5) is 0 Å². The summed E-state index contributed by atoms with van der Waals surface area (Å²) in [7, 11) is 0. The van der Waals surface area contributed by atoms with Crippen molar-refractivity contribution in [3.63, 3.8) is 0 Å². The largest absolute Gasteiger partial charge is 0.508 e. The number of carbonyl (C=O) groups excluding carboxylic acids is 1. The second kappa shape index (κ2) is 16.9. The Bertz CT molecular complexity index is 1560. The zero-order chi connectivity index (χ0) is 35.6. The number of carbonyl (C=O) groups is 1. The van der Waals surface area contributed by atoms with Crippen LogP contribution in [-0.2, 0) is 9.53 Å². The average Bonchev–Trinajstić information content (AvgIpc) is 3.05. The molecule has 0 fully saturated rings. The van der Waals surface area contributed by atoms with Gasteiger partial charge in [0.2, 0.25) is 0 Å². The topological polar surface area (TPSA) is 65.0 Å². The van der Waals surface area contributed by atoms with E-state index in [1.54, 1.807) is 12.1 Å². The molecule has 4 aromatic rings. The van der Waals surface area contributed by atoms with E-state index in [9.17, 15) is 9.90 Å². The fourth-order valence-electron chi connectivity index (χ4n) is 6.56. The van der Waals surface area contributed by atoms with Gasteiger partial charge in [-0.25, -0.2) is 4.79 Å². The maximum atomic E-state index is 12.3. The highest BCUT2D eigenvalue weighted by Gasteiger charge is 2.26.